The Morgan fingerprint density at radius 2 is 1.74 bits per heavy atom. The molecule has 12 heteroatoms. The van der Waals surface area contributed by atoms with E-state index in [-0.39, 0.29) is 38.4 Å². The van der Waals surface area contributed by atoms with Gasteiger partial charge in [-0.15, -0.1) is 0 Å². The first-order chi connectivity index (χ1) is 22.4. The van der Waals surface area contributed by atoms with E-state index in [1.54, 1.807) is 11.0 Å². The standard InChI is InChI=1S/C35H44F3N3O6/c1-2-9-27-24(10-6-20-41(27)31(43)29-26(35(36,37)38)12-5-19-39-29)30(42)40-21-17-34(46,18-22-40)25-11-3-4-13-28(25)47-23-8-16-33(32(44)45)14-7-15-33/h3-5,11-13,19,24,27,46H,2,6-10,14-18,20-23H2,1H3,(H,44,45). The molecule has 3 aliphatic rings. The fourth-order valence-corrected chi connectivity index (χ4v) is 7.54. The van der Waals surface area contributed by atoms with Gasteiger partial charge in [-0.2, -0.15) is 13.2 Å². The molecule has 1 aliphatic carbocycles. The van der Waals surface area contributed by atoms with Crippen LogP contribution in [0, 0.1) is 11.3 Å². The number of hydrogen-bond donors (Lipinski definition) is 2. The van der Waals surface area contributed by atoms with Crippen molar-refractivity contribution in [1.29, 1.82) is 0 Å². The molecule has 2 aliphatic heterocycles. The molecule has 2 saturated heterocycles. The van der Waals surface area contributed by atoms with Gasteiger partial charge in [-0.1, -0.05) is 38.0 Å². The summed E-state index contributed by atoms with van der Waals surface area (Å²) in [6, 6.07) is 8.68. The van der Waals surface area contributed by atoms with Crippen molar-refractivity contribution >= 4 is 17.8 Å². The van der Waals surface area contributed by atoms with Gasteiger partial charge >= 0.3 is 12.1 Å². The minimum atomic E-state index is -4.74. The van der Waals surface area contributed by atoms with Gasteiger partial charge in [0.15, 0.2) is 0 Å². The monoisotopic (exact) mass is 659 g/mol. The van der Waals surface area contributed by atoms with E-state index < -0.39 is 52.3 Å². The number of pyridine rings is 1. The van der Waals surface area contributed by atoms with Crippen LogP contribution in [0.2, 0.25) is 0 Å². The SMILES string of the molecule is CCCC1C(C(=O)N2CCC(O)(c3ccccc3OCCCC3(C(=O)O)CCC3)CC2)CCCN1C(=O)c1ncccc1C(F)(F)F. The van der Waals surface area contributed by atoms with Crippen LogP contribution in [0.1, 0.15) is 99.2 Å². The molecule has 2 amide bonds. The maximum atomic E-state index is 14.0. The molecule has 3 heterocycles. The van der Waals surface area contributed by atoms with Crippen molar-refractivity contribution < 1.29 is 42.5 Å². The second-order valence-corrected chi connectivity index (χ2v) is 13.2. The zero-order valence-corrected chi connectivity index (χ0v) is 26.8. The molecule has 0 spiro atoms. The highest BCUT2D eigenvalue weighted by Gasteiger charge is 2.46. The summed E-state index contributed by atoms with van der Waals surface area (Å²) in [6.07, 6.45) is 2.48. The summed E-state index contributed by atoms with van der Waals surface area (Å²) >= 11 is 0. The van der Waals surface area contributed by atoms with Gasteiger partial charge in [-0.25, -0.2) is 0 Å². The lowest BCUT2D eigenvalue weighted by Crippen LogP contribution is -2.55. The Balaban J connectivity index is 1.24. The number of para-hydroxylation sites is 1. The zero-order valence-electron chi connectivity index (χ0n) is 26.8. The van der Waals surface area contributed by atoms with Crippen molar-refractivity contribution in [2.45, 2.75) is 95.4 Å². The highest BCUT2D eigenvalue weighted by molar-refractivity contribution is 5.95. The number of ether oxygens (including phenoxy) is 1. The molecule has 256 valence electrons. The summed E-state index contributed by atoms with van der Waals surface area (Å²) < 4.78 is 47.2. The van der Waals surface area contributed by atoms with Crippen LogP contribution in [0.15, 0.2) is 42.6 Å². The van der Waals surface area contributed by atoms with Crippen LogP contribution in [-0.2, 0) is 21.4 Å². The van der Waals surface area contributed by atoms with Crippen LogP contribution in [0.3, 0.4) is 0 Å². The lowest BCUT2D eigenvalue weighted by atomic mass is 9.66. The summed E-state index contributed by atoms with van der Waals surface area (Å²) in [7, 11) is 0. The van der Waals surface area contributed by atoms with Gasteiger partial charge in [0.25, 0.3) is 5.91 Å². The van der Waals surface area contributed by atoms with Gasteiger partial charge in [0.2, 0.25) is 5.91 Å². The van der Waals surface area contributed by atoms with E-state index in [4.69, 9.17) is 4.74 Å². The van der Waals surface area contributed by atoms with E-state index in [1.807, 2.05) is 25.1 Å². The minimum absolute atomic E-state index is 0.159. The predicted octanol–water partition coefficient (Wildman–Crippen LogP) is 6.05. The number of benzene rings is 1. The number of nitrogens with zero attached hydrogens (tertiary/aromatic N) is 3. The van der Waals surface area contributed by atoms with Crippen molar-refractivity contribution in [2.24, 2.45) is 11.3 Å². The number of carboxylic acid groups (broad SMARTS) is 1. The average Bonchev–Trinajstić information content (AvgIpc) is 3.03. The fraction of sp³-hybridized carbons (Fsp3) is 0.600. The number of halogens is 3. The van der Waals surface area contributed by atoms with E-state index in [0.29, 0.717) is 69.3 Å². The summed E-state index contributed by atoms with van der Waals surface area (Å²) in [6.45, 7) is 3.03. The molecule has 2 unspecified atom stereocenters. The third kappa shape index (κ3) is 7.27. The van der Waals surface area contributed by atoms with Crippen molar-refractivity contribution in [1.82, 2.24) is 14.8 Å². The fourth-order valence-electron chi connectivity index (χ4n) is 7.54. The number of aromatic nitrogens is 1. The van der Waals surface area contributed by atoms with Gasteiger partial charge in [-0.3, -0.25) is 19.4 Å². The number of carboxylic acids is 1. The maximum Gasteiger partial charge on any atom is 0.418 e. The molecular weight excluding hydrogens is 615 g/mol. The summed E-state index contributed by atoms with van der Waals surface area (Å²) in [4.78, 5) is 46.1. The van der Waals surface area contributed by atoms with Crippen LogP contribution >= 0.6 is 0 Å². The first kappa shape index (κ1) is 34.7. The third-order valence-corrected chi connectivity index (χ3v) is 10.4. The Bertz CT molecular complexity index is 1440. The number of carbonyl (C=O) groups excluding carboxylic acids is 2. The number of alkyl halides is 3. The normalized spacial score (nSPS) is 22.3. The second kappa shape index (κ2) is 14.2. The molecule has 0 radical (unpaired) electrons. The Morgan fingerprint density at radius 1 is 1.02 bits per heavy atom. The quantitative estimate of drug-likeness (QED) is 0.282. The Morgan fingerprint density at radius 3 is 2.38 bits per heavy atom. The van der Waals surface area contributed by atoms with Crippen molar-refractivity contribution in [3.63, 3.8) is 0 Å². The number of aliphatic carboxylic acids is 1. The average molecular weight is 660 g/mol. The molecule has 5 rings (SSSR count). The first-order valence-corrected chi connectivity index (χ1v) is 16.7. The zero-order chi connectivity index (χ0) is 33.8. The Labute approximate surface area is 273 Å². The molecule has 0 bridgehead atoms. The van der Waals surface area contributed by atoms with Gasteiger partial charge in [0, 0.05) is 37.4 Å². The number of rotatable bonds is 11. The van der Waals surface area contributed by atoms with Crippen LogP contribution in [-0.4, -0.2) is 75.1 Å². The minimum Gasteiger partial charge on any atom is -0.493 e. The molecule has 47 heavy (non-hydrogen) atoms. The highest BCUT2D eigenvalue weighted by Crippen LogP contribution is 2.45. The number of aliphatic hydroxyl groups is 1. The molecule has 9 nitrogen and oxygen atoms in total. The number of carbonyl (C=O) groups is 3. The van der Waals surface area contributed by atoms with Gasteiger partial charge in [0.05, 0.1) is 29.1 Å². The molecular formula is C35H44F3N3O6. The van der Waals surface area contributed by atoms with Gasteiger partial charge < -0.3 is 24.7 Å². The van der Waals surface area contributed by atoms with Crippen LogP contribution < -0.4 is 4.74 Å². The van der Waals surface area contributed by atoms with Gasteiger partial charge in [0.1, 0.15) is 11.4 Å². The summed E-state index contributed by atoms with van der Waals surface area (Å²) in [5.41, 5.74) is -3.01. The number of hydrogen-bond acceptors (Lipinski definition) is 6. The number of amides is 2. The molecule has 1 aromatic heterocycles. The van der Waals surface area contributed by atoms with E-state index in [2.05, 4.69) is 4.98 Å². The summed E-state index contributed by atoms with van der Waals surface area (Å²) in [5, 5.41) is 21.4. The molecule has 1 saturated carbocycles. The molecule has 2 N–H and O–H groups in total. The van der Waals surface area contributed by atoms with E-state index >= 15 is 0 Å². The van der Waals surface area contributed by atoms with E-state index in [1.165, 1.54) is 11.1 Å². The smallest absolute Gasteiger partial charge is 0.418 e. The summed E-state index contributed by atoms with van der Waals surface area (Å²) in [5.74, 6) is -1.77. The Hall–Kier alpha value is -3.67. The van der Waals surface area contributed by atoms with E-state index in [9.17, 15) is 37.8 Å². The van der Waals surface area contributed by atoms with Crippen LogP contribution in [0.4, 0.5) is 13.2 Å². The topological polar surface area (TPSA) is 120 Å². The Kier molecular flexibility index (Phi) is 10.5. The maximum absolute atomic E-state index is 14.0. The molecule has 2 atom stereocenters. The van der Waals surface area contributed by atoms with Gasteiger partial charge in [-0.05, 0) is 76.0 Å². The highest BCUT2D eigenvalue weighted by atomic mass is 19.4. The lowest BCUT2D eigenvalue weighted by molar-refractivity contribution is -0.155. The van der Waals surface area contributed by atoms with Crippen molar-refractivity contribution in [3.8, 4) is 5.75 Å². The van der Waals surface area contributed by atoms with Crippen LogP contribution in [0.5, 0.6) is 5.75 Å². The lowest BCUT2D eigenvalue weighted by Gasteiger charge is -2.45. The molecule has 2 aromatic rings. The predicted molar refractivity (Wildman–Crippen MR) is 166 cm³/mol. The van der Waals surface area contributed by atoms with E-state index in [0.717, 1.165) is 18.6 Å². The van der Waals surface area contributed by atoms with Crippen molar-refractivity contribution in [2.75, 3.05) is 26.2 Å². The first-order valence-electron chi connectivity index (χ1n) is 16.7. The van der Waals surface area contributed by atoms with Crippen molar-refractivity contribution in [3.05, 3.63) is 59.4 Å². The largest absolute Gasteiger partial charge is 0.493 e. The van der Waals surface area contributed by atoms with Crippen LogP contribution in [0.25, 0.3) is 0 Å². The molecule has 3 fully saturated rings. The number of piperidine rings is 2. The number of likely N-dealkylation sites (tertiary alicyclic amines) is 2. The second-order valence-electron chi connectivity index (χ2n) is 13.2. The molecule has 1 aromatic carbocycles. The third-order valence-electron chi connectivity index (χ3n) is 10.4.